The van der Waals surface area contributed by atoms with Crippen LogP contribution in [0.4, 0.5) is 0 Å². The molecule has 0 aliphatic heterocycles. The van der Waals surface area contributed by atoms with E-state index in [0.29, 0.717) is 5.69 Å². The van der Waals surface area contributed by atoms with Crippen LogP contribution in [-0.2, 0) is 13.6 Å². The zero-order valence-corrected chi connectivity index (χ0v) is 13.6. The lowest BCUT2D eigenvalue weighted by molar-refractivity contribution is 0.0691. The number of carbonyl (C=O) groups is 2. The highest BCUT2D eigenvalue weighted by molar-refractivity contribution is 7.13. The summed E-state index contributed by atoms with van der Waals surface area (Å²) in [5, 5.41) is 18.4. The topological polar surface area (TPSA) is 97.1 Å². The zero-order chi connectivity index (χ0) is 17.1. The molecule has 0 saturated carbocycles. The van der Waals surface area contributed by atoms with Crippen molar-refractivity contribution >= 4 is 23.2 Å². The fraction of sp³-hybridized carbons (Fsp3) is 0.125. The van der Waals surface area contributed by atoms with E-state index in [4.69, 9.17) is 5.11 Å². The second-order valence-corrected chi connectivity index (χ2v) is 5.92. The number of nitrogens with zero attached hydrogens (tertiary/aromatic N) is 3. The Kier molecular flexibility index (Phi) is 4.39. The first-order chi connectivity index (χ1) is 11.5. The third-order valence-corrected chi connectivity index (χ3v) is 4.22. The van der Waals surface area contributed by atoms with Gasteiger partial charge in [0.15, 0.2) is 5.69 Å². The molecule has 1 amide bonds. The van der Waals surface area contributed by atoms with E-state index in [0.717, 1.165) is 10.6 Å². The third kappa shape index (κ3) is 3.33. The molecule has 8 heteroatoms. The van der Waals surface area contributed by atoms with Crippen LogP contribution >= 0.6 is 11.3 Å². The van der Waals surface area contributed by atoms with E-state index < -0.39 is 11.9 Å². The van der Waals surface area contributed by atoms with E-state index in [2.05, 4.69) is 15.4 Å². The van der Waals surface area contributed by atoms with Gasteiger partial charge in [-0.15, -0.1) is 11.3 Å². The van der Waals surface area contributed by atoms with Crippen LogP contribution in [0.1, 0.15) is 26.5 Å². The summed E-state index contributed by atoms with van der Waals surface area (Å²) < 4.78 is 1.30. The Bertz CT molecular complexity index is 886. The van der Waals surface area contributed by atoms with Gasteiger partial charge in [-0.3, -0.25) is 9.48 Å². The van der Waals surface area contributed by atoms with E-state index in [1.54, 1.807) is 7.05 Å². The molecule has 7 nitrogen and oxygen atoms in total. The van der Waals surface area contributed by atoms with Crippen molar-refractivity contribution in [2.24, 2.45) is 7.05 Å². The maximum atomic E-state index is 12.2. The Morgan fingerprint density at radius 2 is 2.04 bits per heavy atom. The number of amides is 1. The summed E-state index contributed by atoms with van der Waals surface area (Å²) in [7, 11) is 1.57. The van der Waals surface area contributed by atoms with Crippen LogP contribution in [0.3, 0.4) is 0 Å². The van der Waals surface area contributed by atoms with Gasteiger partial charge < -0.3 is 10.4 Å². The van der Waals surface area contributed by atoms with Crippen molar-refractivity contribution in [3.8, 4) is 10.6 Å². The quantitative estimate of drug-likeness (QED) is 0.741. The average molecular weight is 342 g/mol. The van der Waals surface area contributed by atoms with E-state index in [1.165, 1.54) is 22.2 Å². The predicted molar refractivity (Wildman–Crippen MR) is 88.9 cm³/mol. The Morgan fingerprint density at radius 1 is 1.29 bits per heavy atom. The second-order valence-electron chi connectivity index (χ2n) is 5.06. The minimum atomic E-state index is -1.19. The number of nitrogens with one attached hydrogen (secondary N) is 1. The molecule has 0 aliphatic carbocycles. The minimum Gasteiger partial charge on any atom is -0.478 e. The van der Waals surface area contributed by atoms with Crippen LogP contribution in [-0.4, -0.2) is 31.7 Å². The van der Waals surface area contributed by atoms with Crippen LogP contribution in [0.5, 0.6) is 0 Å². The van der Waals surface area contributed by atoms with E-state index in [9.17, 15) is 9.59 Å². The first kappa shape index (κ1) is 15.9. The number of aromatic nitrogens is 3. The van der Waals surface area contributed by atoms with Gasteiger partial charge in [0.1, 0.15) is 10.6 Å². The summed E-state index contributed by atoms with van der Waals surface area (Å²) in [6.45, 7) is 0.206. The fourth-order valence-electron chi connectivity index (χ4n) is 2.17. The number of hydrogen-bond acceptors (Lipinski definition) is 5. The number of carboxylic acids is 1. The predicted octanol–water partition coefficient (Wildman–Crippen LogP) is 2.17. The Hall–Kier alpha value is -3.00. The Labute approximate surface area is 141 Å². The van der Waals surface area contributed by atoms with Crippen molar-refractivity contribution in [1.82, 2.24) is 20.1 Å². The molecule has 0 radical (unpaired) electrons. The molecule has 2 N–H and O–H groups in total. The van der Waals surface area contributed by atoms with Gasteiger partial charge in [0.2, 0.25) is 0 Å². The van der Waals surface area contributed by atoms with Crippen LogP contribution in [0.15, 0.2) is 41.9 Å². The SMILES string of the molecule is Cn1cc(C(=O)O)c(C(=O)NCc2csc(-c3ccccc3)n2)n1. The monoisotopic (exact) mass is 342 g/mol. The number of carbonyl (C=O) groups excluding carboxylic acids is 1. The van der Waals surface area contributed by atoms with Crippen LogP contribution < -0.4 is 5.32 Å². The number of thiazole rings is 1. The number of rotatable bonds is 5. The molecule has 122 valence electrons. The highest BCUT2D eigenvalue weighted by atomic mass is 32.1. The van der Waals surface area contributed by atoms with Gasteiger partial charge in [-0.25, -0.2) is 9.78 Å². The van der Waals surface area contributed by atoms with E-state index in [1.807, 2.05) is 35.7 Å². The summed E-state index contributed by atoms with van der Waals surface area (Å²) in [6.07, 6.45) is 1.30. The Balaban J connectivity index is 1.69. The summed E-state index contributed by atoms with van der Waals surface area (Å²) in [5.74, 6) is -1.73. The molecule has 0 spiro atoms. The summed E-state index contributed by atoms with van der Waals surface area (Å²) in [5.41, 5.74) is 1.49. The Morgan fingerprint density at radius 3 is 2.75 bits per heavy atom. The molecule has 0 unspecified atom stereocenters. The first-order valence-corrected chi connectivity index (χ1v) is 7.97. The number of carboxylic acid groups (broad SMARTS) is 1. The molecular formula is C16H14N4O3S. The van der Waals surface area contributed by atoms with Gasteiger partial charge in [0.05, 0.1) is 12.2 Å². The van der Waals surface area contributed by atoms with Gasteiger partial charge in [0, 0.05) is 24.2 Å². The van der Waals surface area contributed by atoms with Crippen molar-refractivity contribution in [1.29, 1.82) is 0 Å². The maximum Gasteiger partial charge on any atom is 0.339 e. The molecule has 3 aromatic rings. The minimum absolute atomic E-state index is 0.108. The molecule has 24 heavy (non-hydrogen) atoms. The van der Waals surface area contributed by atoms with Crippen LogP contribution in [0, 0.1) is 0 Å². The number of aromatic carboxylic acids is 1. The summed E-state index contributed by atoms with van der Waals surface area (Å²) in [6, 6.07) is 9.74. The molecule has 0 bridgehead atoms. The third-order valence-electron chi connectivity index (χ3n) is 3.28. The van der Waals surface area contributed by atoms with Gasteiger partial charge >= 0.3 is 5.97 Å². The summed E-state index contributed by atoms with van der Waals surface area (Å²) >= 11 is 1.49. The number of benzene rings is 1. The molecule has 0 aliphatic rings. The standard InChI is InChI=1S/C16H14N4O3S/c1-20-8-12(16(22)23)13(19-20)14(21)17-7-11-9-24-15(18-11)10-5-3-2-4-6-10/h2-6,8-9H,7H2,1H3,(H,17,21)(H,22,23). The highest BCUT2D eigenvalue weighted by Crippen LogP contribution is 2.23. The van der Waals surface area contributed by atoms with E-state index in [-0.39, 0.29) is 17.8 Å². The van der Waals surface area contributed by atoms with Crippen molar-refractivity contribution in [3.05, 3.63) is 58.9 Å². The molecule has 2 heterocycles. The average Bonchev–Trinajstić information content (AvgIpc) is 3.20. The van der Waals surface area contributed by atoms with Crippen molar-refractivity contribution in [2.75, 3.05) is 0 Å². The van der Waals surface area contributed by atoms with Gasteiger partial charge in [-0.05, 0) is 0 Å². The lowest BCUT2D eigenvalue weighted by Gasteiger charge is -2.01. The molecule has 0 fully saturated rings. The second kappa shape index (κ2) is 6.63. The fourth-order valence-corrected chi connectivity index (χ4v) is 2.99. The lowest BCUT2D eigenvalue weighted by Crippen LogP contribution is -2.25. The number of hydrogen-bond donors (Lipinski definition) is 2. The molecule has 1 aromatic carbocycles. The first-order valence-electron chi connectivity index (χ1n) is 7.09. The van der Waals surface area contributed by atoms with Crippen molar-refractivity contribution < 1.29 is 14.7 Å². The molecule has 3 rings (SSSR count). The normalized spacial score (nSPS) is 10.5. The summed E-state index contributed by atoms with van der Waals surface area (Å²) in [4.78, 5) is 27.8. The van der Waals surface area contributed by atoms with Gasteiger partial charge in [0.25, 0.3) is 5.91 Å². The number of aryl methyl sites for hydroxylation is 1. The van der Waals surface area contributed by atoms with Gasteiger partial charge in [-0.1, -0.05) is 30.3 Å². The molecule has 2 aromatic heterocycles. The smallest absolute Gasteiger partial charge is 0.339 e. The van der Waals surface area contributed by atoms with Crippen LogP contribution in [0.2, 0.25) is 0 Å². The lowest BCUT2D eigenvalue weighted by atomic mass is 10.2. The van der Waals surface area contributed by atoms with Gasteiger partial charge in [-0.2, -0.15) is 5.10 Å². The molecule has 0 atom stereocenters. The molecular weight excluding hydrogens is 328 g/mol. The zero-order valence-electron chi connectivity index (χ0n) is 12.8. The van der Waals surface area contributed by atoms with E-state index >= 15 is 0 Å². The van der Waals surface area contributed by atoms with Crippen molar-refractivity contribution in [2.45, 2.75) is 6.54 Å². The van der Waals surface area contributed by atoms with Crippen LogP contribution in [0.25, 0.3) is 10.6 Å². The largest absolute Gasteiger partial charge is 0.478 e. The highest BCUT2D eigenvalue weighted by Gasteiger charge is 2.21. The maximum absolute atomic E-state index is 12.2. The molecule has 0 saturated heterocycles. The van der Waals surface area contributed by atoms with Crippen molar-refractivity contribution in [3.63, 3.8) is 0 Å².